The Bertz CT molecular complexity index is 434. The van der Waals surface area contributed by atoms with Crippen LogP contribution in [0.1, 0.15) is 31.9 Å². The molecule has 1 aromatic heterocycles. The molecular weight excluding hydrogens is 230 g/mol. The number of anilines is 1. The van der Waals surface area contributed by atoms with Gasteiger partial charge in [0.05, 0.1) is 6.10 Å². The minimum Gasteiger partial charge on any atom is -0.389 e. The molecule has 2 atom stereocenters. The quantitative estimate of drug-likeness (QED) is 0.833. The molecule has 0 aromatic carbocycles. The Hall–Kier alpha value is -1.62. The van der Waals surface area contributed by atoms with Crippen molar-refractivity contribution in [2.24, 2.45) is 0 Å². The standard InChI is InChI=1S/C13H19N3O2/c1-3-11-13(18)15-7-8-16(11)12-10(9(2)17)5-4-6-14-12/h4-6,9,11,17H,3,7-8H2,1-2H3,(H,15,18)/t9-,11?/m0/s1. The van der Waals surface area contributed by atoms with Crippen molar-refractivity contribution in [2.45, 2.75) is 32.4 Å². The van der Waals surface area contributed by atoms with Crippen molar-refractivity contribution < 1.29 is 9.90 Å². The van der Waals surface area contributed by atoms with E-state index in [9.17, 15) is 9.90 Å². The van der Waals surface area contributed by atoms with Gasteiger partial charge in [-0.2, -0.15) is 0 Å². The monoisotopic (exact) mass is 249 g/mol. The fourth-order valence-corrected chi connectivity index (χ4v) is 2.35. The van der Waals surface area contributed by atoms with Crippen LogP contribution in [0.2, 0.25) is 0 Å². The van der Waals surface area contributed by atoms with E-state index in [-0.39, 0.29) is 11.9 Å². The summed E-state index contributed by atoms with van der Waals surface area (Å²) in [7, 11) is 0. The van der Waals surface area contributed by atoms with E-state index < -0.39 is 6.10 Å². The van der Waals surface area contributed by atoms with E-state index in [1.54, 1.807) is 19.2 Å². The smallest absolute Gasteiger partial charge is 0.242 e. The molecule has 0 radical (unpaired) electrons. The number of aromatic nitrogens is 1. The van der Waals surface area contributed by atoms with Gasteiger partial charge in [0.15, 0.2) is 0 Å². The Labute approximate surface area is 107 Å². The number of pyridine rings is 1. The number of nitrogens with zero attached hydrogens (tertiary/aromatic N) is 2. The maximum absolute atomic E-state index is 11.8. The lowest BCUT2D eigenvalue weighted by atomic mass is 10.1. The van der Waals surface area contributed by atoms with Gasteiger partial charge in [0.2, 0.25) is 5.91 Å². The summed E-state index contributed by atoms with van der Waals surface area (Å²) < 4.78 is 0. The van der Waals surface area contributed by atoms with E-state index in [1.807, 2.05) is 17.9 Å². The van der Waals surface area contributed by atoms with Gasteiger partial charge in [0, 0.05) is 24.8 Å². The van der Waals surface area contributed by atoms with E-state index in [2.05, 4.69) is 10.3 Å². The van der Waals surface area contributed by atoms with Gasteiger partial charge in [-0.1, -0.05) is 13.0 Å². The van der Waals surface area contributed by atoms with Gasteiger partial charge >= 0.3 is 0 Å². The van der Waals surface area contributed by atoms with Gasteiger partial charge in [-0.05, 0) is 19.4 Å². The summed E-state index contributed by atoms with van der Waals surface area (Å²) in [5.41, 5.74) is 0.769. The fraction of sp³-hybridized carbons (Fsp3) is 0.538. The molecule has 1 unspecified atom stereocenters. The van der Waals surface area contributed by atoms with E-state index in [4.69, 9.17) is 0 Å². The van der Waals surface area contributed by atoms with Gasteiger partial charge < -0.3 is 15.3 Å². The third-order valence-electron chi connectivity index (χ3n) is 3.26. The number of rotatable bonds is 3. The molecular formula is C13H19N3O2. The molecule has 0 aliphatic carbocycles. The van der Waals surface area contributed by atoms with Crippen molar-refractivity contribution >= 4 is 11.7 Å². The van der Waals surface area contributed by atoms with Gasteiger partial charge in [-0.25, -0.2) is 4.98 Å². The Morgan fingerprint density at radius 2 is 2.44 bits per heavy atom. The minimum atomic E-state index is -0.587. The summed E-state index contributed by atoms with van der Waals surface area (Å²) in [4.78, 5) is 18.2. The molecule has 2 rings (SSSR count). The molecule has 2 heterocycles. The van der Waals surface area contributed by atoms with Crippen LogP contribution in [0.25, 0.3) is 0 Å². The Morgan fingerprint density at radius 1 is 1.67 bits per heavy atom. The van der Waals surface area contributed by atoms with Crippen LogP contribution < -0.4 is 10.2 Å². The zero-order valence-corrected chi connectivity index (χ0v) is 10.8. The lowest BCUT2D eigenvalue weighted by Gasteiger charge is -2.36. The first-order valence-electron chi connectivity index (χ1n) is 6.32. The number of hydrogen-bond acceptors (Lipinski definition) is 4. The molecule has 1 aliphatic rings. The normalized spacial score (nSPS) is 21.6. The molecule has 0 spiro atoms. The zero-order valence-electron chi connectivity index (χ0n) is 10.8. The summed E-state index contributed by atoms with van der Waals surface area (Å²) in [5.74, 6) is 0.750. The number of aliphatic hydroxyl groups is 1. The average molecular weight is 249 g/mol. The van der Waals surface area contributed by atoms with E-state index >= 15 is 0 Å². The molecule has 0 saturated carbocycles. The van der Waals surface area contributed by atoms with Crippen molar-refractivity contribution in [2.75, 3.05) is 18.0 Å². The number of piperazine rings is 1. The van der Waals surface area contributed by atoms with Crippen LogP contribution >= 0.6 is 0 Å². The first kappa shape index (κ1) is 12.8. The highest BCUT2D eigenvalue weighted by molar-refractivity contribution is 5.86. The van der Waals surface area contributed by atoms with Crippen molar-refractivity contribution in [3.63, 3.8) is 0 Å². The summed E-state index contributed by atoms with van der Waals surface area (Å²) >= 11 is 0. The zero-order chi connectivity index (χ0) is 13.1. The Balaban J connectivity index is 2.37. The Kier molecular flexibility index (Phi) is 3.81. The number of carbonyl (C=O) groups excluding carboxylic acids is 1. The molecule has 1 aliphatic heterocycles. The van der Waals surface area contributed by atoms with Gasteiger partial charge in [0.1, 0.15) is 11.9 Å². The largest absolute Gasteiger partial charge is 0.389 e. The van der Waals surface area contributed by atoms with E-state index in [0.29, 0.717) is 12.4 Å². The molecule has 1 aromatic rings. The number of amides is 1. The first-order valence-corrected chi connectivity index (χ1v) is 6.32. The summed E-state index contributed by atoms with van der Waals surface area (Å²) in [5, 5.41) is 12.7. The van der Waals surface area contributed by atoms with Gasteiger partial charge in [0.25, 0.3) is 0 Å². The third kappa shape index (κ3) is 2.31. The Morgan fingerprint density at radius 3 is 3.11 bits per heavy atom. The molecule has 2 N–H and O–H groups in total. The summed E-state index contributed by atoms with van der Waals surface area (Å²) in [6.45, 7) is 5.03. The van der Waals surface area contributed by atoms with Crippen molar-refractivity contribution in [3.05, 3.63) is 23.9 Å². The third-order valence-corrected chi connectivity index (χ3v) is 3.26. The van der Waals surface area contributed by atoms with Crippen LogP contribution in [0.5, 0.6) is 0 Å². The molecule has 5 heteroatoms. The summed E-state index contributed by atoms with van der Waals surface area (Å²) in [6, 6.07) is 3.45. The van der Waals surface area contributed by atoms with Crippen LogP contribution in [-0.2, 0) is 4.79 Å². The second kappa shape index (κ2) is 5.35. The van der Waals surface area contributed by atoms with Crippen LogP contribution in [0.3, 0.4) is 0 Å². The van der Waals surface area contributed by atoms with E-state index in [1.165, 1.54) is 0 Å². The fourth-order valence-electron chi connectivity index (χ4n) is 2.35. The van der Waals surface area contributed by atoms with Crippen LogP contribution in [0.4, 0.5) is 5.82 Å². The van der Waals surface area contributed by atoms with Crippen LogP contribution in [0.15, 0.2) is 18.3 Å². The highest BCUT2D eigenvalue weighted by Gasteiger charge is 2.30. The van der Waals surface area contributed by atoms with Crippen molar-refractivity contribution in [1.29, 1.82) is 0 Å². The molecule has 18 heavy (non-hydrogen) atoms. The van der Waals surface area contributed by atoms with Crippen LogP contribution in [-0.4, -0.2) is 35.1 Å². The van der Waals surface area contributed by atoms with Gasteiger partial charge in [-0.15, -0.1) is 0 Å². The molecule has 1 amide bonds. The number of hydrogen-bond donors (Lipinski definition) is 2. The number of nitrogens with one attached hydrogen (secondary N) is 1. The predicted molar refractivity (Wildman–Crippen MR) is 69.3 cm³/mol. The predicted octanol–water partition coefficient (Wildman–Crippen LogP) is 0.850. The lowest BCUT2D eigenvalue weighted by Crippen LogP contribution is -2.55. The van der Waals surface area contributed by atoms with Gasteiger partial charge in [-0.3, -0.25) is 4.79 Å². The summed E-state index contributed by atoms with van der Waals surface area (Å²) in [6.07, 6.45) is 1.83. The maximum atomic E-state index is 11.8. The molecule has 1 fully saturated rings. The maximum Gasteiger partial charge on any atom is 0.242 e. The molecule has 98 valence electrons. The number of carbonyl (C=O) groups is 1. The topological polar surface area (TPSA) is 65.5 Å². The second-order valence-electron chi connectivity index (χ2n) is 4.50. The molecule has 5 nitrogen and oxygen atoms in total. The van der Waals surface area contributed by atoms with Crippen LogP contribution in [0, 0.1) is 0 Å². The number of aliphatic hydroxyl groups excluding tert-OH is 1. The van der Waals surface area contributed by atoms with E-state index in [0.717, 1.165) is 18.5 Å². The van der Waals surface area contributed by atoms with Crippen molar-refractivity contribution in [3.8, 4) is 0 Å². The molecule has 0 bridgehead atoms. The SMILES string of the molecule is CCC1C(=O)NCCN1c1ncccc1[C@H](C)O. The highest BCUT2D eigenvalue weighted by Crippen LogP contribution is 2.26. The average Bonchev–Trinajstić information content (AvgIpc) is 2.38. The molecule has 1 saturated heterocycles. The lowest BCUT2D eigenvalue weighted by molar-refractivity contribution is -0.123. The second-order valence-corrected chi connectivity index (χ2v) is 4.50. The first-order chi connectivity index (χ1) is 8.65. The van der Waals surface area contributed by atoms with Crippen molar-refractivity contribution in [1.82, 2.24) is 10.3 Å². The highest BCUT2D eigenvalue weighted by atomic mass is 16.3. The minimum absolute atomic E-state index is 0.0333.